The van der Waals surface area contributed by atoms with E-state index in [1.54, 1.807) is 30.3 Å². The topological polar surface area (TPSA) is 111 Å². The maximum atomic E-state index is 12.3. The number of aliphatic hydroxyl groups excluding tert-OH is 1. The minimum Gasteiger partial charge on any atom is -0.429 e. The minimum absolute atomic E-state index is 0.104. The molecule has 0 saturated carbocycles. The highest BCUT2D eigenvalue weighted by Crippen LogP contribution is 2.29. The van der Waals surface area contributed by atoms with Crippen molar-refractivity contribution in [1.29, 1.82) is 0 Å². The number of carbonyl (C=O) groups excluding carboxylic acids is 1. The average Bonchev–Trinajstić information content (AvgIpc) is 2.89. The third-order valence-corrected chi connectivity index (χ3v) is 3.62. The second-order valence-corrected chi connectivity index (χ2v) is 5.11. The quantitative estimate of drug-likeness (QED) is 0.734. The van der Waals surface area contributed by atoms with Crippen LogP contribution in [0.1, 0.15) is 10.4 Å². The summed E-state index contributed by atoms with van der Waals surface area (Å²) in [5.41, 5.74) is -2.86. The molecule has 0 bridgehead atoms. The van der Waals surface area contributed by atoms with E-state index in [2.05, 4.69) is 4.98 Å². The van der Waals surface area contributed by atoms with Gasteiger partial charge < -0.3 is 14.6 Å². The number of aliphatic hydroxyl groups is 1. The van der Waals surface area contributed by atoms with E-state index in [-0.39, 0.29) is 18.8 Å². The van der Waals surface area contributed by atoms with E-state index in [4.69, 9.17) is 9.47 Å². The molecule has 0 radical (unpaired) electrons. The molecular weight excluding hydrogens is 304 g/mol. The van der Waals surface area contributed by atoms with Gasteiger partial charge in [-0.25, -0.2) is 9.59 Å². The van der Waals surface area contributed by atoms with Crippen LogP contribution in [0.4, 0.5) is 0 Å². The number of carbonyl (C=O) groups is 1. The Morgan fingerprint density at radius 3 is 2.65 bits per heavy atom. The fourth-order valence-corrected chi connectivity index (χ4v) is 2.43. The summed E-state index contributed by atoms with van der Waals surface area (Å²) in [5.74, 6) is -0.715. The van der Waals surface area contributed by atoms with Crippen molar-refractivity contribution in [1.82, 2.24) is 9.55 Å². The summed E-state index contributed by atoms with van der Waals surface area (Å²) >= 11 is 0. The van der Waals surface area contributed by atoms with Crippen LogP contribution in [0, 0.1) is 0 Å². The molecule has 2 aromatic rings. The maximum absolute atomic E-state index is 12.3. The highest BCUT2D eigenvalue weighted by Gasteiger charge is 2.50. The monoisotopic (exact) mass is 318 g/mol. The minimum atomic E-state index is -1.73. The summed E-state index contributed by atoms with van der Waals surface area (Å²) < 4.78 is 11.6. The third kappa shape index (κ3) is 2.69. The van der Waals surface area contributed by atoms with Gasteiger partial charge in [0.25, 0.3) is 5.56 Å². The molecule has 8 nitrogen and oxygen atoms in total. The number of nitrogens with zero attached hydrogens (tertiary/aromatic N) is 1. The Balaban J connectivity index is 2.03. The molecule has 8 heteroatoms. The van der Waals surface area contributed by atoms with E-state index in [1.807, 2.05) is 0 Å². The van der Waals surface area contributed by atoms with Crippen LogP contribution in [0.15, 0.2) is 52.2 Å². The Kier molecular flexibility index (Phi) is 3.85. The van der Waals surface area contributed by atoms with Crippen LogP contribution in [0.5, 0.6) is 0 Å². The van der Waals surface area contributed by atoms with Crippen molar-refractivity contribution in [2.45, 2.75) is 11.8 Å². The average molecular weight is 318 g/mol. The van der Waals surface area contributed by atoms with Crippen LogP contribution in [0.2, 0.25) is 0 Å². The fraction of sp³-hybridized carbons (Fsp3) is 0.267. The molecule has 120 valence electrons. The summed E-state index contributed by atoms with van der Waals surface area (Å²) in [4.78, 5) is 37.7. The van der Waals surface area contributed by atoms with Gasteiger partial charge in [-0.3, -0.25) is 14.3 Å². The first-order valence-electron chi connectivity index (χ1n) is 6.89. The van der Waals surface area contributed by atoms with E-state index < -0.39 is 29.0 Å². The van der Waals surface area contributed by atoms with Gasteiger partial charge in [0.1, 0.15) is 12.7 Å². The predicted molar refractivity (Wildman–Crippen MR) is 78.0 cm³/mol. The molecule has 2 atom stereocenters. The van der Waals surface area contributed by atoms with Crippen molar-refractivity contribution < 1.29 is 19.4 Å². The molecule has 1 aromatic carbocycles. The number of esters is 1. The number of aromatic nitrogens is 2. The molecule has 1 aromatic heterocycles. The number of aromatic amines is 1. The van der Waals surface area contributed by atoms with E-state index in [0.717, 1.165) is 16.8 Å². The van der Waals surface area contributed by atoms with Crippen molar-refractivity contribution in [3.63, 3.8) is 0 Å². The standard InChI is InChI=1S/C15H14N2O6/c18-11-8-22-9-15(11,17-7-6-12(19)16-14(17)21)23-13(20)10-4-2-1-3-5-10/h1-7,11,18H,8-9H2,(H,16,19,21)/t11-,15?/m0/s1. The van der Waals surface area contributed by atoms with Crippen LogP contribution < -0.4 is 11.2 Å². The Morgan fingerprint density at radius 1 is 1.30 bits per heavy atom. The number of ether oxygens (including phenoxy) is 2. The van der Waals surface area contributed by atoms with Gasteiger partial charge in [0.15, 0.2) is 0 Å². The maximum Gasteiger partial charge on any atom is 0.340 e. The SMILES string of the molecule is O=C(OC1(n2ccc(=O)[nH]c2=O)COC[C@@H]1O)c1ccccc1. The van der Waals surface area contributed by atoms with Crippen molar-refractivity contribution in [2.75, 3.05) is 13.2 Å². The molecule has 1 aliphatic rings. The lowest BCUT2D eigenvalue weighted by molar-refractivity contribution is -0.121. The summed E-state index contributed by atoms with van der Waals surface area (Å²) in [6.45, 7) is -0.313. The molecule has 3 rings (SSSR count). The summed E-state index contributed by atoms with van der Waals surface area (Å²) in [6, 6.07) is 9.27. The van der Waals surface area contributed by atoms with E-state index >= 15 is 0 Å². The fourth-order valence-electron chi connectivity index (χ4n) is 2.43. The molecule has 0 amide bonds. The van der Waals surface area contributed by atoms with E-state index in [9.17, 15) is 19.5 Å². The number of H-pyrrole nitrogens is 1. The molecule has 1 unspecified atom stereocenters. The summed E-state index contributed by atoms with van der Waals surface area (Å²) in [5, 5.41) is 10.2. The normalized spacial score (nSPS) is 23.6. The third-order valence-electron chi connectivity index (χ3n) is 3.62. The largest absolute Gasteiger partial charge is 0.429 e. The zero-order chi connectivity index (χ0) is 16.4. The molecular formula is C15H14N2O6. The predicted octanol–water partition coefficient (Wildman–Crippen LogP) is -0.562. The Hall–Kier alpha value is -2.71. The Morgan fingerprint density at radius 2 is 2.04 bits per heavy atom. The first-order valence-corrected chi connectivity index (χ1v) is 6.89. The van der Waals surface area contributed by atoms with Gasteiger partial charge in [0.05, 0.1) is 12.2 Å². The molecule has 1 aliphatic heterocycles. The van der Waals surface area contributed by atoms with Crippen molar-refractivity contribution >= 4 is 5.97 Å². The Labute approximate surface area is 129 Å². The number of hydrogen-bond acceptors (Lipinski definition) is 6. The van der Waals surface area contributed by atoms with E-state index in [1.165, 1.54) is 0 Å². The van der Waals surface area contributed by atoms with Crippen LogP contribution in [-0.2, 0) is 15.2 Å². The van der Waals surface area contributed by atoms with Crippen molar-refractivity contribution in [2.24, 2.45) is 0 Å². The van der Waals surface area contributed by atoms with Gasteiger partial charge in [0, 0.05) is 12.3 Å². The Bertz CT molecular complexity index is 828. The van der Waals surface area contributed by atoms with Crippen LogP contribution in [0.25, 0.3) is 0 Å². The highest BCUT2D eigenvalue weighted by atomic mass is 16.6. The second-order valence-electron chi connectivity index (χ2n) is 5.11. The van der Waals surface area contributed by atoms with Crippen LogP contribution >= 0.6 is 0 Å². The summed E-state index contributed by atoms with van der Waals surface area (Å²) in [7, 11) is 0. The summed E-state index contributed by atoms with van der Waals surface area (Å²) in [6.07, 6.45) is -0.0871. The van der Waals surface area contributed by atoms with Gasteiger partial charge >= 0.3 is 11.7 Å². The smallest absolute Gasteiger partial charge is 0.340 e. The zero-order valence-electron chi connectivity index (χ0n) is 12.0. The van der Waals surface area contributed by atoms with Crippen molar-refractivity contribution in [3.05, 3.63) is 69.0 Å². The molecule has 0 spiro atoms. The van der Waals surface area contributed by atoms with Crippen LogP contribution in [0.3, 0.4) is 0 Å². The van der Waals surface area contributed by atoms with Gasteiger partial charge in [-0.15, -0.1) is 0 Å². The zero-order valence-corrected chi connectivity index (χ0v) is 12.0. The van der Waals surface area contributed by atoms with Gasteiger partial charge in [-0.2, -0.15) is 0 Å². The number of benzene rings is 1. The number of rotatable bonds is 3. The molecule has 23 heavy (non-hydrogen) atoms. The van der Waals surface area contributed by atoms with Gasteiger partial charge in [0.2, 0.25) is 5.72 Å². The van der Waals surface area contributed by atoms with Crippen molar-refractivity contribution in [3.8, 4) is 0 Å². The lowest BCUT2D eigenvalue weighted by Gasteiger charge is -2.32. The molecule has 2 heterocycles. The van der Waals surface area contributed by atoms with Gasteiger partial charge in [-0.05, 0) is 12.1 Å². The van der Waals surface area contributed by atoms with Crippen LogP contribution in [-0.4, -0.2) is 39.9 Å². The second kappa shape index (κ2) is 5.82. The molecule has 1 fully saturated rings. The first-order chi connectivity index (χ1) is 11.0. The highest BCUT2D eigenvalue weighted by molar-refractivity contribution is 5.89. The first kappa shape index (κ1) is 15.2. The van der Waals surface area contributed by atoms with E-state index in [0.29, 0.717) is 0 Å². The lowest BCUT2D eigenvalue weighted by Crippen LogP contribution is -2.53. The van der Waals surface area contributed by atoms with Gasteiger partial charge in [-0.1, -0.05) is 18.2 Å². The molecule has 1 saturated heterocycles. The lowest BCUT2D eigenvalue weighted by atomic mass is 10.1. The molecule has 2 N–H and O–H groups in total. The number of hydrogen-bond donors (Lipinski definition) is 2. The molecule has 0 aliphatic carbocycles. The number of nitrogens with one attached hydrogen (secondary N) is 1.